The molecule has 1 aromatic carbocycles. The average Bonchev–Trinajstić information content (AvgIpc) is 2.73. The summed E-state index contributed by atoms with van der Waals surface area (Å²) in [6.07, 6.45) is 8.99. The van der Waals surface area contributed by atoms with Crippen LogP contribution in [0.1, 0.15) is 44.2 Å². The van der Waals surface area contributed by atoms with Crippen molar-refractivity contribution in [2.45, 2.75) is 44.6 Å². The van der Waals surface area contributed by atoms with Gasteiger partial charge in [-0.05, 0) is 25.0 Å². The summed E-state index contributed by atoms with van der Waals surface area (Å²) in [4.78, 5) is 8.90. The van der Waals surface area contributed by atoms with Crippen LogP contribution >= 0.6 is 0 Å². The van der Waals surface area contributed by atoms with Crippen molar-refractivity contribution in [2.75, 3.05) is 0 Å². The van der Waals surface area contributed by atoms with E-state index in [4.69, 9.17) is 4.42 Å². The highest BCUT2D eigenvalue weighted by molar-refractivity contribution is 5.80. The number of rotatable bonds is 3. The van der Waals surface area contributed by atoms with Crippen molar-refractivity contribution in [3.63, 3.8) is 0 Å². The Kier molecular flexibility index (Phi) is 4.34. The molecular weight excluding hydrogens is 264 g/mol. The van der Waals surface area contributed by atoms with E-state index in [1.54, 1.807) is 6.21 Å². The number of oxazole rings is 1. The second-order valence-electron chi connectivity index (χ2n) is 5.50. The van der Waals surface area contributed by atoms with Crippen LogP contribution < -0.4 is 0 Å². The molecule has 1 saturated carbocycles. The SMILES string of the molecule is Oc1oc(-c2ccccc2)nc1C=NC1CCCCCC1. The number of aliphatic imine (C=N–C) groups is 1. The minimum Gasteiger partial charge on any atom is -0.479 e. The lowest BCUT2D eigenvalue weighted by molar-refractivity contribution is 0.337. The quantitative estimate of drug-likeness (QED) is 0.679. The second-order valence-corrected chi connectivity index (χ2v) is 5.50. The van der Waals surface area contributed by atoms with Gasteiger partial charge in [-0.25, -0.2) is 4.98 Å². The Hall–Kier alpha value is -2.10. The van der Waals surface area contributed by atoms with Crippen LogP contribution in [0.5, 0.6) is 5.95 Å². The van der Waals surface area contributed by atoms with Gasteiger partial charge in [0.2, 0.25) is 5.89 Å². The number of nitrogens with zero attached hydrogens (tertiary/aromatic N) is 2. The van der Waals surface area contributed by atoms with Gasteiger partial charge in [0.25, 0.3) is 0 Å². The van der Waals surface area contributed by atoms with Crippen molar-refractivity contribution < 1.29 is 9.52 Å². The van der Waals surface area contributed by atoms with E-state index >= 15 is 0 Å². The topological polar surface area (TPSA) is 58.6 Å². The lowest BCUT2D eigenvalue weighted by Gasteiger charge is -2.06. The summed E-state index contributed by atoms with van der Waals surface area (Å²) < 4.78 is 5.32. The zero-order chi connectivity index (χ0) is 14.5. The lowest BCUT2D eigenvalue weighted by atomic mass is 10.1. The Morgan fingerprint density at radius 2 is 1.81 bits per heavy atom. The lowest BCUT2D eigenvalue weighted by Crippen LogP contribution is -2.02. The van der Waals surface area contributed by atoms with Crippen LogP contribution in [0.3, 0.4) is 0 Å². The van der Waals surface area contributed by atoms with Gasteiger partial charge in [0.05, 0.1) is 12.3 Å². The van der Waals surface area contributed by atoms with Crippen molar-refractivity contribution in [1.82, 2.24) is 4.98 Å². The molecule has 1 heterocycles. The smallest absolute Gasteiger partial charge is 0.312 e. The molecule has 0 atom stereocenters. The van der Waals surface area contributed by atoms with Crippen LogP contribution in [0.4, 0.5) is 0 Å². The Bertz CT molecular complexity index is 597. The minimum atomic E-state index is -0.161. The molecule has 0 saturated heterocycles. The van der Waals surface area contributed by atoms with Gasteiger partial charge in [0.15, 0.2) is 5.69 Å². The first-order valence-electron chi connectivity index (χ1n) is 7.61. The molecule has 1 aliphatic carbocycles. The standard InChI is InChI=1S/C17H20N2O2/c20-17-15(12-18-14-10-6-1-2-7-11-14)19-16(21-17)13-8-4-3-5-9-13/h3-5,8-9,12,14,20H,1-2,6-7,10-11H2. The van der Waals surface area contributed by atoms with E-state index in [0.29, 0.717) is 17.6 Å². The maximum atomic E-state index is 9.86. The molecule has 1 aromatic heterocycles. The number of benzene rings is 1. The monoisotopic (exact) mass is 284 g/mol. The van der Waals surface area contributed by atoms with E-state index in [1.165, 1.54) is 25.7 Å². The molecule has 1 aliphatic rings. The molecule has 0 unspecified atom stereocenters. The first kappa shape index (κ1) is 13.9. The molecule has 110 valence electrons. The molecule has 3 rings (SSSR count). The van der Waals surface area contributed by atoms with E-state index in [0.717, 1.165) is 18.4 Å². The largest absolute Gasteiger partial charge is 0.479 e. The van der Waals surface area contributed by atoms with E-state index in [1.807, 2.05) is 30.3 Å². The van der Waals surface area contributed by atoms with E-state index < -0.39 is 0 Å². The summed E-state index contributed by atoms with van der Waals surface area (Å²) in [6, 6.07) is 9.91. The van der Waals surface area contributed by atoms with E-state index in [2.05, 4.69) is 9.98 Å². The third-order valence-electron chi connectivity index (χ3n) is 3.89. The third-order valence-corrected chi connectivity index (χ3v) is 3.89. The van der Waals surface area contributed by atoms with Crippen LogP contribution in [0.2, 0.25) is 0 Å². The maximum Gasteiger partial charge on any atom is 0.312 e. The van der Waals surface area contributed by atoms with Crippen LogP contribution in [-0.2, 0) is 0 Å². The molecule has 0 bridgehead atoms. The normalized spacial score (nSPS) is 17.1. The highest BCUT2D eigenvalue weighted by Crippen LogP contribution is 2.26. The van der Waals surface area contributed by atoms with Crippen molar-refractivity contribution >= 4 is 6.21 Å². The Balaban J connectivity index is 1.75. The molecule has 21 heavy (non-hydrogen) atoms. The van der Waals surface area contributed by atoms with E-state index in [9.17, 15) is 5.11 Å². The predicted octanol–water partition coefficient (Wildman–Crippen LogP) is 4.19. The first-order chi connectivity index (χ1) is 10.3. The zero-order valence-corrected chi connectivity index (χ0v) is 12.0. The fraction of sp³-hybridized carbons (Fsp3) is 0.412. The summed E-state index contributed by atoms with van der Waals surface area (Å²) in [5.74, 6) is 0.265. The van der Waals surface area contributed by atoms with Crippen molar-refractivity contribution in [2.24, 2.45) is 4.99 Å². The van der Waals surface area contributed by atoms with Crippen molar-refractivity contribution in [3.8, 4) is 17.4 Å². The van der Waals surface area contributed by atoms with Gasteiger partial charge < -0.3 is 9.52 Å². The van der Waals surface area contributed by atoms with Crippen LogP contribution in [0.15, 0.2) is 39.7 Å². The fourth-order valence-electron chi connectivity index (χ4n) is 2.70. The van der Waals surface area contributed by atoms with Gasteiger partial charge in [-0.15, -0.1) is 0 Å². The van der Waals surface area contributed by atoms with Gasteiger partial charge >= 0.3 is 5.95 Å². The zero-order valence-electron chi connectivity index (χ0n) is 12.0. The Morgan fingerprint density at radius 3 is 2.52 bits per heavy atom. The number of aromatic nitrogens is 1. The van der Waals surface area contributed by atoms with Crippen LogP contribution in [0.25, 0.3) is 11.5 Å². The second kappa shape index (κ2) is 6.57. The van der Waals surface area contributed by atoms with Crippen molar-refractivity contribution in [3.05, 3.63) is 36.0 Å². The summed E-state index contributed by atoms with van der Waals surface area (Å²) in [6.45, 7) is 0. The van der Waals surface area contributed by atoms with Gasteiger partial charge in [0.1, 0.15) is 0 Å². The fourth-order valence-corrected chi connectivity index (χ4v) is 2.70. The molecule has 0 spiro atoms. The molecule has 0 aliphatic heterocycles. The molecule has 4 heteroatoms. The molecule has 2 aromatic rings. The Labute approximate surface area is 124 Å². The van der Waals surface area contributed by atoms with Crippen LogP contribution in [0, 0.1) is 0 Å². The van der Waals surface area contributed by atoms with Gasteiger partial charge in [-0.3, -0.25) is 4.99 Å². The number of hydrogen-bond acceptors (Lipinski definition) is 4. The van der Waals surface area contributed by atoms with Gasteiger partial charge in [0, 0.05) is 5.56 Å². The van der Waals surface area contributed by atoms with E-state index in [-0.39, 0.29) is 5.95 Å². The summed E-state index contributed by atoms with van der Waals surface area (Å²) >= 11 is 0. The minimum absolute atomic E-state index is 0.161. The predicted molar refractivity (Wildman–Crippen MR) is 82.7 cm³/mol. The highest BCUT2D eigenvalue weighted by Gasteiger charge is 2.14. The molecule has 4 nitrogen and oxygen atoms in total. The molecule has 1 N–H and O–H groups in total. The third kappa shape index (κ3) is 3.51. The summed E-state index contributed by atoms with van der Waals surface area (Å²) in [7, 11) is 0. The van der Waals surface area contributed by atoms with Crippen molar-refractivity contribution in [1.29, 1.82) is 0 Å². The summed E-state index contributed by atoms with van der Waals surface area (Å²) in [5.41, 5.74) is 1.26. The molecular formula is C17H20N2O2. The number of aromatic hydroxyl groups is 1. The molecule has 1 fully saturated rings. The molecule has 0 amide bonds. The number of hydrogen-bond donors (Lipinski definition) is 1. The summed E-state index contributed by atoms with van der Waals surface area (Å²) in [5, 5.41) is 9.86. The van der Waals surface area contributed by atoms with Gasteiger partial charge in [-0.1, -0.05) is 43.9 Å². The van der Waals surface area contributed by atoms with Gasteiger partial charge in [-0.2, -0.15) is 0 Å². The highest BCUT2D eigenvalue weighted by atomic mass is 16.5. The first-order valence-corrected chi connectivity index (χ1v) is 7.61. The molecule has 0 radical (unpaired) electrons. The maximum absolute atomic E-state index is 9.86. The van der Waals surface area contributed by atoms with Crippen LogP contribution in [-0.4, -0.2) is 22.3 Å². The average molecular weight is 284 g/mol. The Morgan fingerprint density at radius 1 is 1.10 bits per heavy atom.